The van der Waals surface area contributed by atoms with E-state index in [9.17, 15) is 4.79 Å². The number of hydrogen-bond acceptors (Lipinski definition) is 5. The molecule has 0 aromatic carbocycles. The Labute approximate surface area is 129 Å². The van der Waals surface area contributed by atoms with Gasteiger partial charge in [0.1, 0.15) is 0 Å². The highest BCUT2D eigenvalue weighted by Crippen LogP contribution is 2.19. The van der Waals surface area contributed by atoms with Crippen LogP contribution in [0.5, 0.6) is 0 Å². The topological polar surface area (TPSA) is 71.3 Å². The van der Waals surface area contributed by atoms with Crippen LogP contribution in [-0.2, 0) is 0 Å². The van der Waals surface area contributed by atoms with E-state index in [-0.39, 0.29) is 24.4 Å². The lowest BCUT2D eigenvalue weighted by atomic mass is 10.1. The Kier molecular flexibility index (Phi) is 4.49. The van der Waals surface area contributed by atoms with Gasteiger partial charge < -0.3 is 14.7 Å². The standard InChI is InChI=1S/C14H18N4O2.ClH/c1-8-10(3)18(5-4-15-8)14(19)11-6-12-9(2)17-20-13(12)16-7-11;/h6-8,10,15H,4-5H2,1-3H3;1H. The number of nitrogens with one attached hydrogen (secondary N) is 1. The number of halogens is 1. The van der Waals surface area contributed by atoms with E-state index >= 15 is 0 Å². The fraction of sp³-hybridized carbons (Fsp3) is 0.500. The molecule has 2 unspecified atom stereocenters. The van der Waals surface area contributed by atoms with Gasteiger partial charge in [0.05, 0.1) is 16.6 Å². The molecular weight excluding hydrogens is 292 g/mol. The van der Waals surface area contributed by atoms with Crippen molar-refractivity contribution in [2.45, 2.75) is 32.9 Å². The average molecular weight is 311 g/mol. The van der Waals surface area contributed by atoms with Crippen LogP contribution in [0.15, 0.2) is 16.8 Å². The van der Waals surface area contributed by atoms with Crippen LogP contribution < -0.4 is 5.32 Å². The molecule has 7 heteroatoms. The molecule has 2 atom stereocenters. The lowest BCUT2D eigenvalue weighted by Crippen LogP contribution is -2.57. The summed E-state index contributed by atoms with van der Waals surface area (Å²) in [5, 5.41) is 8.03. The number of carbonyl (C=O) groups is 1. The zero-order chi connectivity index (χ0) is 14.3. The summed E-state index contributed by atoms with van der Waals surface area (Å²) < 4.78 is 5.07. The van der Waals surface area contributed by atoms with Gasteiger partial charge in [-0.05, 0) is 26.8 Å². The van der Waals surface area contributed by atoms with E-state index < -0.39 is 0 Å². The molecule has 0 radical (unpaired) electrons. The molecule has 0 spiro atoms. The summed E-state index contributed by atoms with van der Waals surface area (Å²) >= 11 is 0. The van der Waals surface area contributed by atoms with Crippen LogP contribution in [0.2, 0.25) is 0 Å². The van der Waals surface area contributed by atoms with Gasteiger partial charge in [-0.3, -0.25) is 4.79 Å². The highest BCUT2D eigenvalue weighted by atomic mass is 35.5. The second kappa shape index (κ2) is 5.99. The Balaban J connectivity index is 0.00000161. The molecule has 0 saturated carbocycles. The van der Waals surface area contributed by atoms with Gasteiger partial charge in [0.15, 0.2) is 0 Å². The minimum absolute atomic E-state index is 0. The molecule has 2 aromatic rings. The van der Waals surface area contributed by atoms with E-state index in [4.69, 9.17) is 4.52 Å². The average Bonchev–Trinajstić information content (AvgIpc) is 2.82. The second-order valence-corrected chi connectivity index (χ2v) is 5.33. The summed E-state index contributed by atoms with van der Waals surface area (Å²) in [6.45, 7) is 7.53. The fourth-order valence-electron chi connectivity index (χ4n) is 2.57. The number of aromatic nitrogens is 2. The van der Waals surface area contributed by atoms with Crippen molar-refractivity contribution >= 4 is 29.4 Å². The third-order valence-corrected chi connectivity index (χ3v) is 4.05. The van der Waals surface area contributed by atoms with Crippen molar-refractivity contribution in [1.29, 1.82) is 0 Å². The Bertz CT molecular complexity index is 657. The molecule has 1 aliphatic heterocycles. The van der Waals surface area contributed by atoms with Crippen molar-refractivity contribution < 1.29 is 9.32 Å². The van der Waals surface area contributed by atoms with Gasteiger partial charge in [0.2, 0.25) is 0 Å². The summed E-state index contributed by atoms with van der Waals surface area (Å²) in [4.78, 5) is 18.7. The molecule has 0 bridgehead atoms. The smallest absolute Gasteiger partial charge is 0.257 e. The first kappa shape index (κ1) is 15.7. The quantitative estimate of drug-likeness (QED) is 0.869. The van der Waals surface area contributed by atoms with E-state index in [0.29, 0.717) is 23.9 Å². The molecule has 1 N–H and O–H groups in total. The highest BCUT2D eigenvalue weighted by molar-refractivity contribution is 5.97. The Morgan fingerprint density at radius 1 is 1.48 bits per heavy atom. The predicted octanol–water partition coefficient (Wildman–Crippen LogP) is 1.78. The van der Waals surface area contributed by atoms with Gasteiger partial charge in [-0.25, -0.2) is 4.98 Å². The third-order valence-electron chi connectivity index (χ3n) is 4.05. The number of nitrogens with zero attached hydrogens (tertiary/aromatic N) is 3. The summed E-state index contributed by atoms with van der Waals surface area (Å²) in [6, 6.07) is 2.27. The van der Waals surface area contributed by atoms with E-state index in [1.165, 1.54) is 0 Å². The summed E-state index contributed by atoms with van der Waals surface area (Å²) in [5.74, 6) is 0.0147. The molecule has 3 heterocycles. The Hall–Kier alpha value is -1.66. The molecular formula is C14H19ClN4O2. The van der Waals surface area contributed by atoms with Crippen molar-refractivity contribution in [3.8, 4) is 0 Å². The monoisotopic (exact) mass is 310 g/mol. The Morgan fingerprint density at radius 2 is 2.24 bits per heavy atom. The van der Waals surface area contributed by atoms with Crippen LogP contribution in [0.3, 0.4) is 0 Å². The molecule has 2 aromatic heterocycles. The molecule has 1 amide bonds. The van der Waals surface area contributed by atoms with Crippen LogP contribution in [-0.4, -0.2) is 46.1 Å². The van der Waals surface area contributed by atoms with E-state index in [1.807, 2.05) is 17.9 Å². The van der Waals surface area contributed by atoms with Crippen LogP contribution >= 0.6 is 12.4 Å². The number of piperazine rings is 1. The number of aryl methyl sites for hydroxylation is 1. The zero-order valence-electron chi connectivity index (χ0n) is 12.3. The lowest BCUT2D eigenvalue weighted by molar-refractivity contribution is 0.0602. The number of hydrogen-bond donors (Lipinski definition) is 1. The molecule has 0 aliphatic carbocycles. The SMILES string of the molecule is Cc1noc2ncc(C(=O)N3CCNC(C)C3C)cc12.Cl. The van der Waals surface area contributed by atoms with Crippen molar-refractivity contribution in [3.63, 3.8) is 0 Å². The number of amides is 1. The number of rotatable bonds is 1. The summed E-state index contributed by atoms with van der Waals surface area (Å²) in [5.41, 5.74) is 1.81. The van der Waals surface area contributed by atoms with Gasteiger partial charge in [-0.2, -0.15) is 0 Å². The second-order valence-electron chi connectivity index (χ2n) is 5.33. The van der Waals surface area contributed by atoms with Crippen molar-refractivity contribution in [1.82, 2.24) is 20.4 Å². The number of carbonyl (C=O) groups excluding carboxylic acids is 1. The molecule has 3 rings (SSSR count). The minimum atomic E-state index is 0. The van der Waals surface area contributed by atoms with E-state index in [2.05, 4.69) is 29.3 Å². The Morgan fingerprint density at radius 3 is 3.00 bits per heavy atom. The molecule has 1 aliphatic rings. The normalized spacial score (nSPS) is 22.1. The maximum absolute atomic E-state index is 12.6. The van der Waals surface area contributed by atoms with Crippen LogP contribution in [0, 0.1) is 6.92 Å². The summed E-state index contributed by atoms with van der Waals surface area (Å²) in [7, 11) is 0. The van der Waals surface area contributed by atoms with Gasteiger partial charge >= 0.3 is 0 Å². The summed E-state index contributed by atoms with van der Waals surface area (Å²) in [6.07, 6.45) is 1.56. The molecule has 1 fully saturated rings. The molecule has 114 valence electrons. The van der Waals surface area contributed by atoms with Gasteiger partial charge in [0.25, 0.3) is 11.6 Å². The lowest BCUT2D eigenvalue weighted by Gasteiger charge is -2.38. The van der Waals surface area contributed by atoms with Gasteiger partial charge in [0, 0.05) is 31.4 Å². The van der Waals surface area contributed by atoms with Crippen molar-refractivity contribution in [3.05, 3.63) is 23.5 Å². The van der Waals surface area contributed by atoms with Crippen LogP contribution in [0.1, 0.15) is 29.9 Å². The minimum Gasteiger partial charge on any atom is -0.336 e. The predicted molar refractivity (Wildman–Crippen MR) is 81.8 cm³/mol. The first-order chi connectivity index (χ1) is 9.58. The van der Waals surface area contributed by atoms with E-state index in [1.54, 1.807) is 6.20 Å². The molecule has 6 nitrogen and oxygen atoms in total. The zero-order valence-corrected chi connectivity index (χ0v) is 13.1. The van der Waals surface area contributed by atoms with Crippen LogP contribution in [0.25, 0.3) is 11.1 Å². The van der Waals surface area contributed by atoms with Crippen LogP contribution in [0.4, 0.5) is 0 Å². The van der Waals surface area contributed by atoms with Crippen molar-refractivity contribution in [2.24, 2.45) is 0 Å². The van der Waals surface area contributed by atoms with Gasteiger partial charge in [-0.15, -0.1) is 12.4 Å². The highest BCUT2D eigenvalue weighted by Gasteiger charge is 2.29. The third kappa shape index (κ3) is 2.73. The fourth-order valence-corrected chi connectivity index (χ4v) is 2.57. The largest absolute Gasteiger partial charge is 0.336 e. The first-order valence-electron chi connectivity index (χ1n) is 6.84. The molecule has 1 saturated heterocycles. The number of fused-ring (bicyclic) bond motifs is 1. The van der Waals surface area contributed by atoms with E-state index in [0.717, 1.165) is 17.6 Å². The van der Waals surface area contributed by atoms with Gasteiger partial charge in [-0.1, -0.05) is 5.16 Å². The maximum Gasteiger partial charge on any atom is 0.257 e. The molecule has 21 heavy (non-hydrogen) atoms. The number of pyridine rings is 1. The van der Waals surface area contributed by atoms with Crippen molar-refractivity contribution in [2.75, 3.05) is 13.1 Å². The maximum atomic E-state index is 12.6. The first-order valence-corrected chi connectivity index (χ1v) is 6.84.